The van der Waals surface area contributed by atoms with Gasteiger partial charge in [-0.1, -0.05) is 24.4 Å². The molecule has 3 heterocycles. The number of rotatable bonds is 2. The lowest BCUT2D eigenvalue weighted by molar-refractivity contribution is 0.491. The summed E-state index contributed by atoms with van der Waals surface area (Å²) >= 11 is 8.74. The van der Waals surface area contributed by atoms with Crippen molar-refractivity contribution >= 4 is 45.6 Å². The molecule has 1 N–H and O–H groups in total. The lowest BCUT2D eigenvalue weighted by Crippen LogP contribution is -2.35. The number of nitrogens with zero attached hydrogens (tertiary/aromatic N) is 1. The van der Waals surface area contributed by atoms with Crippen molar-refractivity contribution in [3.05, 3.63) is 44.8 Å². The van der Waals surface area contributed by atoms with Crippen LogP contribution in [0.3, 0.4) is 0 Å². The minimum Gasteiger partial charge on any atom is -0.346 e. The van der Waals surface area contributed by atoms with Crippen LogP contribution in [0.1, 0.15) is 16.7 Å². The van der Waals surface area contributed by atoms with E-state index in [2.05, 4.69) is 29.8 Å². The van der Waals surface area contributed by atoms with Gasteiger partial charge in [0.2, 0.25) is 0 Å². The summed E-state index contributed by atoms with van der Waals surface area (Å²) in [5.74, 6) is 0. The van der Waals surface area contributed by atoms with Crippen LogP contribution in [0.25, 0.3) is 0 Å². The van der Waals surface area contributed by atoms with Gasteiger partial charge in [0.1, 0.15) is 10.7 Å². The second-order valence-electron chi connectivity index (χ2n) is 3.94. The van der Waals surface area contributed by atoms with Crippen molar-refractivity contribution in [2.24, 2.45) is 4.99 Å². The zero-order valence-electron chi connectivity index (χ0n) is 9.14. The molecule has 1 aliphatic heterocycles. The third kappa shape index (κ3) is 1.84. The maximum absolute atomic E-state index is 5.38. The van der Waals surface area contributed by atoms with E-state index >= 15 is 0 Å². The van der Waals surface area contributed by atoms with Crippen LogP contribution in [0.5, 0.6) is 0 Å². The minimum atomic E-state index is -0.398. The molecule has 0 spiro atoms. The van der Waals surface area contributed by atoms with E-state index < -0.39 is 5.66 Å². The fourth-order valence-corrected chi connectivity index (χ4v) is 3.76. The van der Waals surface area contributed by atoms with E-state index in [0.29, 0.717) is 0 Å². The highest BCUT2D eigenvalue weighted by atomic mass is 32.1. The first-order chi connectivity index (χ1) is 8.19. The average molecular weight is 278 g/mol. The van der Waals surface area contributed by atoms with Gasteiger partial charge in [-0.3, -0.25) is 0 Å². The fourth-order valence-electron chi connectivity index (χ4n) is 1.84. The Morgan fingerprint density at radius 2 is 2.00 bits per heavy atom. The number of thiocarbonyl (C=S) groups is 1. The molecule has 1 aliphatic rings. The molecule has 0 amide bonds. The van der Waals surface area contributed by atoms with Gasteiger partial charge in [0.15, 0.2) is 5.66 Å². The van der Waals surface area contributed by atoms with Crippen LogP contribution >= 0.6 is 34.9 Å². The largest absolute Gasteiger partial charge is 0.346 e. The van der Waals surface area contributed by atoms with Crippen molar-refractivity contribution in [2.45, 2.75) is 12.6 Å². The normalized spacial score (nSPS) is 23.6. The molecule has 0 aromatic carbocycles. The second kappa shape index (κ2) is 4.01. The van der Waals surface area contributed by atoms with Crippen LogP contribution in [-0.2, 0) is 5.66 Å². The van der Waals surface area contributed by atoms with Gasteiger partial charge < -0.3 is 5.32 Å². The summed E-state index contributed by atoms with van der Waals surface area (Å²) in [6, 6.07) is 8.19. The minimum absolute atomic E-state index is 0.398. The molecule has 0 bridgehead atoms. The van der Waals surface area contributed by atoms with Gasteiger partial charge in [-0.05, 0) is 29.8 Å². The average Bonchev–Trinajstić information content (AvgIpc) is 2.98. The summed E-state index contributed by atoms with van der Waals surface area (Å²) in [5, 5.41) is 7.42. The summed E-state index contributed by atoms with van der Waals surface area (Å²) in [6.45, 7) is 2.06. The van der Waals surface area contributed by atoms with Crippen LogP contribution < -0.4 is 5.32 Å². The Morgan fingerprint density at radius 1 is 1.24 bits per heavy atom. The molecular weight excluding hydrogens is 268 g/mol. The molecule has 2 aromatic rings. The Labute approximate surface area is 113 Å². The number of hydrogen-bond donors (Lipinski definition) is 1. The maximum atomic E-state index is 5.38. The Balaban J connectivity index is 2.05. The van der Waals surface area contributed by atoms with E-state index in [1.165, 1.54) is 4.88 Å². The number of nitrogens with one attached hydrogen (secondary N) is 1. The van der Waals surface area contributed by atoms with E-state index in [1.807, 2.05) is 17.5 Å². The zero-order chi connectivity index (χ0) is 11.9. The molecule has 0 aliphatic carbocycles. The van der Waals surface area contributed by atoms with E-state index in [9.17, 15) is 0 Å². The lowest BCUT2D eigenvalue weighted by atomic mass is 10.2. The van der Waals surface area contributed by atoms with Crippen LogP contribution in [-0.4, -0.2) is 10.7 Å². The van der Waals surface area contributed by atoms with Crippen LogP contribution in [0.15, 0.2) is 40.0 Å². The zero-order valence-corrected chi connectivity index (χ0v) is 11.6. The number of hydrogen-bond acceptors (Lipinski definition) is 4. The predicted octanol–water partition coefficient (Wildman–Crippen LogP) is 3.40. The summed E-state index contributed by atoms with van der Waals surface area (Å²) in [7, 11) is 0. The Kier molecular flexibility index (Phi) is 2.61. The van der Waals surface area contributed by atoms with Crippen LogP contribution in [0.4, 0.5) is 0 Å². The Morgan fingerprint density at radius 3 is 2.65 bits per heavy atom. The third-order valence-corrected chi connectivity index (χ3v) is 4.92. The molecule has 0 saturated heterocycles. The molecule has 0 saturated carbocycles. The van der Waals surface area contributed by atoms with Crippen molar-refractivity contribution in [3.63, 3.8) is 0 Å². The van der Waals surface area contributed by atoms with E-state index in [4.69, 9.17) is 17.2 Å². The number of aliphatic imine (C=N–C) groups is 1. The first-order valence-electron chi connectivity index (χ1n) is 5.19. The van der Waals surface area contributed by atoms with Gasteiger partial charge >= 0.3 is 0 Å². The molecular formula is C12H10N2S3. The van der Waals surface area contributed by atoms with Crippen molar-refractivity contribution in [1.29, 1.82) is 0 Å². The molecule has 1 atom stereocenters. The highest BCUT2D eigenvalue weighted by Gasteiger charge is 2.35. The first-order valence-corrected chi connectivity index (χ1v) is 7.36. The molecule has 5 heteroatoms. The highest BCUT2D eigenvalue weighted by molar-refractivity contribution is 7.82. The standard InChI is InChI=1S/C12H10N2S3/c1-12(9-5-3-7-17-9)13-10(11(15)14-12)8-4-2-6-16-8/h2-7H,1H3,(H,14,15). The second-order valence-corrected chi connectivity index (χ2v) is 6.24. The van der Waals surface area contributed by atoms with Crippen molar-refractivity contribution in [3.8, 4) is 0 Å². The van der Waals surface area contributed by atoms with Crippen molar-refractivity contribution in [2.75, 3.05) is 0 Å². The Bertz CT molecular complexity index is 569. The summed E-state index contributed by atoms with van der Waals surface area (Å²) in [5.41, 5.74) is 0.510. The van der Waals surface area contributed by atoms with Crippen LogP contribution in [0.2, 0.25) is 0 Å². The molecule has 0 fully saturated rings. The molecule has 1 unspecified atom stereocenters. The molecule has 0 radical (unpaired) electrons. The molecule has 17 heavy (non-hydrogen) atoms. The van der Waals surface area contributed by atoms with E-state index in [1.54, 1.807) is 22.7 Å². The molecule has 2 nitrogen and oxygen atoms in total. The third-order valence-electron chi connectivity index (χ3n) is 2.66. The SMILES string of the molecule is CC1(c2cccs2)N=C(c2cccs2)C(=S)N1. The summed E-state index contributed by atoms with van der Waals surface area (Å²) in [6.07, 6.45) is 0. The first kappa shape index (κ1) is 11.1. The van der Waals surface area contributed by atoms with Crippen molar-refractivity contribution in [1.82, 2.24) is 5.32 Å². The molecule has 3 rings (SSSR count). The monoisotopic (exact) mass is 278 g/mol. The van der Waals surface area contributed by atoms with Gasteiger partial charge in [0.25, 0.3) is 0 Å². The van der Waals surface area contributed by atoms with Gasteiger partial charge in [-0.15, -0.1) is 22.7 Å². The van der Waals surface area contributed by atoms with Gasteiger partial charge in [0.05, 0.1) is 9.75 Å². The van der Waals surface area contributed by atoms with Gasteiger partial charge in [-0.25, -0.2) is 4.99 Å². The van der Waals surface area contributed by atoms with E-state index in [-0.39, 0.29) is 0 Å². The highest BCUT2D eigenvalue weighted by Crippen LogP contribution is 2.32. The smallest absolute Gasteiger partial charge is 0.163 e. The quantitative estimate of drug-likeness (QED) is 0.851. The fraction of sp³-hybridized carbons (Fsp3) is 0.167. The molecule has 2 aromatic heterocycles. The van der Waals surface area contributed by atoms with Gasteiger partial charge in [-0.2, -0.15) is 0 Å². The molecule has 86 valence electrons. The topological polar surface area (TPSA) is 24.4 Å². The summed E-state index contributed by atoms with van der Waals surface area (Å²) < 4.78 is 0. The Hall–Kier alpha value is -1.04. The van der Waals surface area contributed by atoms with Crippen LogP contribution in [0, 0.1) is 0 Å². The lowest BCUT2D eigenvalue weighted by Gasteiger charge is -2.19. The van der Waals surface area contributed by atoms with E-state index in [0.717, 1.165) is 15.6 Å². The number of thiophene rings is 2. The summed E-state index contributed by atoms with van der Waals surface area (Å²) in [4.78, 5) is 7.82. The van der Waals surface area contributed by atoms with Crippen molar-refractivity contribution < 1.29 is 0 Å². The predicted molar refractivity (Wildman–Crippen MR) is 78.3 cm³/mol. The maximum Gasteiger partial charge on any atom is 0.163 e. The van der Waals surface area contributed by atoms with Gasteiger partial charge in [0, 0.05) is 0 Å².